The lowest BCUT2D eigenvalue weighted by atomic mass is 10.1. The van der Waals surface area contributed by atoms with Crippen LogP contribution in [0.1, 0.15) is 18.1 Å². The van der Waals surface area contributed by atoms with Crippen molar-refractivity contribution in [3.05, 3.63) is 65.7 Å². The smallest absolute Gasteiger partial charge is 0.224 e. The molecule has 2 aromatic carbocycles. The first kappa shape index (κ1) is 17.0. The first-order valence-electron chi connectivity index (χ1n) is 7.80. The zero-order valence-corrected chi connectivity index (χ0v) is 13.4. The fraction of sp³-hybridized carbons (Fsp3) is 0.316. The molecule has 0 radical (unpaired) electrons. The molecule has 0 saturated heterocycles. The molecule has 0 aliphatic rings. The average molecular weight is 313 g/mol. The maximum atomic E-state index is 11.9. The van der Waals surface area contributed by atoms with Gasteiger partial charge in [0, 0.05) is 6.54 Å². The summed E-state index contributed by atoms with van der Waals surface area (Å²) in [6.45, 7) is 3.80. The average Bonchev–Trinajstić information content (AvgIpc) is 2.54. The molecule has 122 valence electrons. The van der Waals surface area contributed by atoms with Crippen molar-refractivity contribution in [2.75, 3.05) is 13.2 Å². The highest BCUT2D eigenvalue weighted by Crippen LogP contribution is 2.11. The van der Waals surface area contributed by atoms with Crippen molar-refractivity contribution in [1.29, 1.82) is 0 Å². The molecule has 23 heavy (non-hydrogen) atoms. The number of amides is 1. The van der Waals surface area contributed by atoms with E-state index >= 15 is 0 Å². The van der Waals surface area contributed by atoms with Gasteiger partial charge in [-0.2, -0.15) is 0 Å². The monoisotopic (exact) mass is 313 g/mol. The first-order chi connectivity index (χ1) is 11.1. The molecule has 0 fully saturated rings. The molecule has 4 nitrogen and oxygen atoms in total. The summed E-state index contributed by atoms with van der Waals surface area (Å²) < 4.78 is 5.66. The second-order valence-electron chi connectivity index (χ2n) is 5.76. The quantitative estimate of drug-likeness (QED) is 0.788. The number of nitrogens with one attached hydrogen (secondary N) is 1. The molecule has 2 rings (SSSR count). The molecule has 0 heterocycles. The van der Waals surface area contributed by atoms with Crippen molar-refractivity contribution < 1.29 is 14.6 Å². The van der Waals surface area contributed by atoms with Crippen LogP contribution in [0.3, 0.4) is 0 Å². The number of hydrogen-bond acceptors (Lipinski definition) is 3. The minimum absolute atomic E-state index is 0.0505. The van der Waals surface area contributed by atoms with E-state index in [9.17, 15) is 9.90 Å². The van der Waals surface area contributed by atoms with E-state index < -0.39 is 0 Å². The Bertz CT molecular complexity index is 613. The van der Waals surface area contributed by atoms with E-state index in [2.05, 4.69) is 5.32 Å². The zero-order valence-electron chi connectivity index (χ0n) is 13.4. The summed E-state index contributed by atoms with van der Waals surface area (Å²) in [7, 11) is 0. The summed E-state index contributed by atoms with van der Waals surface area (Å²) in [5, 5.41) is 12.3. The second kappa shape index (κ2) is 8.96. The number of benzene rings is 2. The van der Waals surface area contributed by atoms with Gasteiger partial charge < -0.3 is 15.2 Å². The molecule has 0 saturated carbocycles. The van der Waals surface area contributed by atoms with Crippen molar-refractivity contribution in [2.24, 2.45) is 5.92 Å². The summed E-state index contributed by atoms with van der Waals surface area (Å²) >= 11 is 0. The fourth-order valence-corrected chi connectivity index (χ4v) is 2.21. The van der Waals surface area contributed by atoms with Crippen LogP contribution in [-0.4, -0.2) is 24.2 Å². The maximum Gasteiger partial charge on any atom is 0.224 e. The number of carbonyl (C=O) groups excluding carboxylic acids is 1. The van der Waals surface area contributed by atoms with Crippen molar-refractivity contribution in [1.82, 2.24) is 5.32 Å². The fourth-order valence-electron chi connectivity index (χ4n) is 2.21. The van der Waals surface area contributed by atoms with Crippen LogP contribution in [-0.2, 0) is 22.6 Å². The molecule has 0 spiro atoms. The van der Waals surface area contributed by atoms with Gasteiger partial charge >= 0.3 is 0 Å². The van der Waals surface area contributed by atoms with Gasteiger partial charge in [0.1, 0.15) is 5.75 Å². The van der Waals surface area contributed by atoms with Gasteiger partial charge in [-0.3, -0.25) is 4.79 Å². The molecule has 0 unspecified atom stereocenters. The van der Waals surface area contributed by atoms with Crippen LogP contribution in [0.4, 0.5) is 0 Å². The number of ether oxygens (including phenoxy) is 1. The highest BCUT2D eigenvalue weighted by atomic mass is 16.5. The summed E-state index contributed by atoms with van der Waals surface area (Å²) in [6.07, 6.45) is 0.270. The van der Waals surface area contributed by atoms with Crippen LogP contribution in [0.15, 0.2) is 54.6 Å². The standard InChI is InChI=1S/C19H23NO3/c1-15(13-23-14-16-6-3-2-4-7-16)12-20-19(22)11-17-8-5-9-18(21)10-17/h2-10,15,21H,11-14H2,1H3,(H,20,22)/t15-/m1/s1. The zero-order chi connectivity index (χ0) is 16.5. The van der Waals surface area contributed by atoms with Crippen LogP contribution < -0.4 is 5.32 Å². The summed E-state index contributed by atoms with van der Waals surface area (Å²) in [6, 6.07) is 16.8. The number of hydrogen-bond donors (Lipinski definition) is 2. The predicted octanol–water partition coefficient (Wildman–Crippen LogP) is 2.90. The molecule has 1 atom stereocenters. The molecule has 1 amide bonds. The molecule has 2 N–H and O–H groups in total. The van der Waals surface area contributed by atoms with Crippen molar-refractivity contribution in [3.63, 3.8) is 0 Å². The Morgan fingerprint density at radius 3 is 2.61 bits per heavy atom. The maximum absolute atomic E-state index is 11.9. The highest BCUT2D eigenvalue weighted by Gasteiger charge is 2.07. The van der Waals surface area contributed by atoms with Crippen LogP contribution in [0.2, 0.25) is 0 Å². The molecule has 0 aromatic heterocycles. The third-order valence-electron chi connectivity index (χ3n) is 3.44. The lowest BCUT2D eigenvalue weighted by Crippen LogP contribution is -2.31. The largest absolute Gasteiger partial charge is 0.508 e. The van der Waals surface area contributed by atoms with E-state index in [4.69, 9.17) is 4.74 Å². The molecule has 0 aliphatic heterocycles. The highest BCUT2D eigenvalue weighted by molar-refractivity contribution is 5.78. The minimum Gasteiger partial charge on any atom is -0.508 e. The Morgan fingerprint density at radius 1 is 1.13 bits per heavy atom. The van der Waals surface area contributed by atoms with Gasteiger partial charge in [0.2, 0.25) is 5.91 Å². The molecule has 0 aliphatic carbocycles. The lowest BCUT2D eigenvalue weighted by Gasteiger charge is -2.13. The van der Waals surface area contributed by atoms with Crippen LogP contribution in [0.5, 0.6) is 5.75 Å². The second-order valence-corrected chi connectivity index (χ2v) is 5.76. The Labute approximate surface area is 137 Å². The SMILES string of the molecule is C[C@H](CNC(=O)Cc1cccc(O)c1)COCc1ccccc1. The summed E-state index contributed by atoms with van der Waals surface area (Å²) in [5.41, 5.74) is 1.95. The van der Waals surface area contributed by atoms with E-state index in [1.165, 1.54) is 0 Å². The third kappa shape index (κ3) is 6.53. The number of phenols is 1. The van der Waals surface area contributed by atoms with Gasteiger partial charge in [-0.05, 0) is 29.2 Å². The Morgan fingerprint density at radius 2 is 1.87 bits per heavy atom. The Balaban J connectivity index is 1.63. The summed E-state index contributed by atoms with van der Waals surface area (Å²) in [5.74, 6) is 0.371. The van der Waals surface area contributed by atoms with Gasteiger partial charge in [0.05, 0.1) is 19.6 Å². The van der Waals surface area contributed by atoms with Gasteiger partial charge in [0.25, 0.3) is 0 Å². The predicted molar refractivity (Wildman–Crippen MR) is 90.1 cm³/mol. The van der Waals surface area contributed by atoms with Crippen LogP contribution in [0.25, 0.3) is 0 Å². The molecule has 2 aromatic rings. The van der Waals surface area contributed by atoms with Crippen molar-refractivity contribution in [2.45, 2.75) is 20.0 Å². The molecular weight excluding hydrogens is 290 g/mol. The lowest BCUT2D eigenvalue weighted by molar-refractivity contribution is -0.120. The number of phenolic OH excluding ortho intramolecular Hbond substituents is 1. The van der Waals surface area contributed by atoms with Crippen molar-refractivity contribution in [3.8, 4) is 5.75 Å². The van der Waals surface area contributed by atoms with E-state index in [0.29, 0.717) is 19.8 Å². The van der Waals surface area contributed by atoms with Gasteiger partial charge in [-0.15, -0.1) is 0 Å². The van der Waals surface area contributed by atoms with Crippen LogP contribution in [0, 0.1) is 5.92 Å². The van der Waals surface area contributed by atoms with Gasteiger partial charge in [0.15, 0.2) is 0 Å². The van der Waals surface area contributed by atoms with Gasteiger partial charge in [-0.1, -0.05) is 49.4 Å². The Kier molecular flexibility index (Phi) is 6.63. The number of aromatic hydroxyl groups is 1. The number of rotatable bonds is 8. The molecule has 0 bridgehead atoms. The third-order valence-corrected chi connectivity index (χ3v) is 3.44. The van der Waals surface area contributed by atoms with Crippen molar-refractivity contribution >= 4 is 5.91 Å². The summed E-state index contributed by atoms with van der Waals surface area (Å²) in [4.78, 5) is 11.9. The number of carbonyl (C=O) groups is 1. The van der Waals surface area contributed by atoms with Crippen LogP contribution >= 0.6 is 0 Å². The van der Waals surface area contributed by atoms with Gasteiger partial charge in [-0.25, -0.2) is 0 Å². The molecular formula is C19H23NO3. The normalized spacial score (nSPS) is 11.9. The van der Waals surface area contributed by atoms with E-state index in [0.717, 1.165) is 11.1 Å². The molecule has 4 heteroatoms. The van der Waals surface area contributed by atoms with E-state index in [1.54, 1.807) is 18.2 Å². The minimum atomic E-state index is -0.0505. The topological polar surface area (TPSA) is 58.6 Å². The van der Waals surface area contributed by atoms with E-state index in [1.807, 2.05) is 43.3 Å². The van der Waals surface area contributed by atoms with E-state index in [-0.39, 0.29) is 24.0 Å². The first-order valence-corrected chi connectivity index (χ1v) is 7.80. The Hall–Kier alpha value is -2.33.